The normalized spacial score (nSPS) is 13.4. The molecule has 6 nitrogen and oxygen atoms in total. The van der Waals surface area contributed by atoms with Crippen LogP contribution in [0.3, 0.4) is 0 Å². The molecular formula is C24H34N2O4. The first kappa shape index (κ1) is 23.6. The van der Waals surface area contributed by atoms with Gasteiger partial charge in [0.1, 0.15) is 11.6 Å². The number of carbonyl (C=O) groups excluding carboxylic acids is 3. The number of ketones is 1. The van der Waals surface area contributed by atoms with E-state index in [1.165, 1.54) is 0 Å². The van der Waals surface area contributed by atoms with Crippen LogP contribution in [0.2, 0.25) is 0 Å². The fourth-order valence-corrected chi connectivity index (χ4v) is 3.36. The van der Waals surface area contributed by atoms with Crippen LogP contribution in [0, 0.1) is 11.8 Å². The minimum Gasteiger partial charge on any atom is -0.451 e. The zero-order chi connectivity index (χ0) is 22.3. The number of para-hydroxylation sites is 1. The molecule has 30 heavy (non-hydrogen) atoms. The third kappa shape index (κ3) is 6.71. The van der Waals surface area contributed by atoms with Crippen molar-refractivity contribution in [3.63, 3.8) is 0 Å². The number of benzene rings is 1. The van der Waals surface area contributed by atoms with Gasteiger partial charge < -0.3 is 15.1 Å². The molecule has 2 atom stereocenters. The molecule has 0 aliphatic carbocycles. The van der Waals surface area contributed by atoms with Crippen LogP contribution in [-0.4, -0.2) is 29.7 Å². The van der Waals surface area contributed by atoms with Gasteiger partial charge in [-0.05, 0) is 43.2 Å². The van der Waals surface area contributed by atoms with Crippen LogP contribution in [0.5, 0.6) is 0 Å². The van der Waals surface area contributed by atoms with E-state index in [9.17, 15) is 14.4 Å². The van der Waals surface area contributed by atoms with Crippen LogP contribution < -0.4 is 10.6 Å². The largest absolute Gasteiger partial charge is 0.451 e. The first-order valence-corrected chi connectivity index (χ1v) is 10.8. The third-order valence-corrected chi connectivity index (χ3v) is 5.06. The molecule has 0 bridgehead atoms. The van der Waals surface area contributed by atoms with Crippen LogP contribution in [0.1, 0.15) is 70.9 Å². The topological polar surface area (TPSA) is 88.4 Å². The van der Waals surface area contributed by atoms with Gasteiger partial charge in [-0.25, -0.2) is 0 Å². The van der Waals surface area contributed by atoms with Gasteiger partial charge in [0.25, 0.3) is 5.91 Å². The number of Topliss-reactive ketones (excluding diaryl/α,β-unsaturated/α-hetero) is 1. The Balaban J connectivity index is 2.13. The summed E-state index contributed by atoms with van der Waals surface area (Å²) in [5, 5.41) is 6.50. The summed E-state index contributed by atoms with van der Waals surface area (Å²) in [6.07, 6.45) is 2.27. The summed E-state index contributed by atoms with van der Waals surface area (Å²) in [4.78, 5) is 38.1. The molecule has 1 aromatic carbocycles. The van der Waals surface area contributed by atoms with Crippen molar-refractivity contribution in [2.24, 2.45) is 11.8 Å². The van der Waals surface area contributed by atoms with Gasteiger partial charge >= 0.3 is 0 Å². The van der Waals surface area contributed by atoms with Gasteiger partial charge in [-0.1, -0.05) is 52.8 Å². The van der Waals surface area contributed by atoms with Crippen molar-refractivity contribution in [2.75, 3.05) is 0 Å². The summed E-state index contributed by atoms with van der Waals surface area (Å²) in [5.74, 6) is 0.0342. The number of carbonyl (C=O) groups is 3. The number of nitrogens with one attached hydrogen (secondary N) is 2. The lowest BCUT2D eigenvalue weighted by atomic mass is 9.98. The highest BCUT2D eigenvalue weighted by molar-refractivity contribution is 5.99. The van der Waals surface area contributed by atoms with Gasteiger partial charge in [-0.2, -0.15) is 0 Å². The molecule has 0 aliphatic heterocycles. The average molecular weight is 415 g/mol. The van der Waals surface area contributed by atoms with E-state index in [-0.39, 0.29) is 23.4 Å². The van der Waals surface area contributed by atoms with Gasteiger partial charge in [0.05, 0.1) is 6.04 Å². The van der Waals surface area contributed by atoms with Crippen molar-refractivity contribution in [1.29, 1.82) is 0 Å². The standard InChI is InChI=1S/C24H34N2O4/c1-6-20(27)18(12-11-15(2)3)25-23(28)19(13-16(4)5)26-24(29)22-14-17-9-7-8-10-21(17)30-22/h7-10,14-16,18-19H,6,11-13H2,1-5H3,(H,25,28)(H,26,29). The summed E-state index contributed by atoms with van der Waals surface area (Å²) in [5.41, 5.74) is 0.620. The average Bonchev–Trinajstić information content (AvgIpc) is 3.13. The highest BCUT2D eigenvalue weighted by Crippen LogP contribution is 2.19. The van der Waals surface area contributed by atoms with Gasteiger partial charge in [0.15, 0.2) is 11.5 Å². The molecule has 1 aromatic heterocycles. The van der Waals surface area contributed by atoms with Crippen molar-refractivity contribution in [3.8, 4) is 0 Å². The fraction of sp³-hybridized carbons (Fsp3) is 0.542. The maximum Gasteiger partial charge on any atom is 0.287 e. The van der Waals surface area contributed by atoms with Gasteiger partial charge in [-0.15, -0.1) is 0 Å². The van der Waals surface area contributed by atoms with Gasteiger partial charge in [0, 0.05) is 11.8 Å². The van der Waals surface area contributed by atoms with Crippen LogP contribution >= 0.6 is 0 Å². The van der Waals surface area contributed by atoms with E-state index < -0.39 is 18.0 Å². The monoisotopic (exact) mass is 414 g/mol. The summed E-state index contributed by atoms with van der Waals surface area (Å²) in [6, 6.07) is 7.77. The molecule has 2 N–H and O–H groups in total. The molecule has 0 radical (unpaired) electrons. The molecule has 6 heteroatoms. The molecule has 1 heterocycles. The highest BCUT2D eigenvalue weighted by Gasteiger charge is 2.27. The second kappa shape index (κ2) is 11.0. The van der Waals surface area contributed by atoms with Crippen LogP contribution in [0.4, 0.5) is 0 Å². The Morgan fingerprint density at radius 3 is 2.23 bits per heavy atom. The number of hydrogen-bond acceptors (Lipinski definition) is 4. The zero-order valence-electron chi connectivity index (χ0n) is 18.7. The quantitative estimate of drug-likeness (QED) is 0.567. The van der Waals surface area contributed by atoms with E-state index in [4.69, 9.17) is 4.42 Å². The lowest BCUT2D eigenvalue weighted by Crippen LogP contribution is -2.52. The van der Waals surface area contributed by atoms with Crippen molar-refractivity contribution in [3.05, 3.63) is 36.1 Å². The molecule has 0 spiro atoms. The van der Waals surface area contributed by atoms with Crippen LogP contribution in [-0.2, 0) is 9.59 Å². The Morgan fingerprint density at radius 2 is 1.63 bits per heavy atom. The van der Waals surface area contributed by atoms with E-state index in [0.717, 1.165) is 11.8 Å². The Bertz CT molecular complexity index is 836. The predicted octanol–water partition coefficient (Wildman–Crippen LogP) is 4.48. The van der Waals surface area contributed by atoms with E-state index >= 15 is 0 Å². The first-order chi connectivity index (χ1) is 14.2. The fourth-order valence-electron chi connectivity index (χ4n) is 3.36. The number of rotatable bonds is 11. The molecule has 2 aromatic rings. The number of hydrogen-bond donors (Lipinski definition) is 2. The Morgan fingerprint density at radius 1 is 0.933 bits per heavy atom. The van der Waals surface area contributed by atoms with E-state index in [1.807, 2.05) is 32.0 Å². The maximum atomic E-state index is 13.0. The molecule has 0 aliphatic rings. The molecule has 2 rings (SSSR count). The van der Waals surface area contributed by atoms with Crippen molar-refractivity contribution in [2.45, 2.75) is 72.4 Å². The number of furan rings is 1. The second-order valence-corrected chi connectivity index (χ2v) is 8.66. The van der Waals surface area contributed by atoms with Crippen molar-refractivity contribution < 1.29 is 18.8 Å². The maximum absolute atomic E-state index is 13.0. The van der Waals surface area contributed by atoms with Crippen molar-refractivity contribution >= 4 is 28.6 Å². The molecule has 0 saturated heterocycles. The minimum absolute atomic E-state index is 0.0101. The SMILES string of the molecule is CCC(=O)C(CCC(C)C)NC(=O)C(CC(C)C)NC(=O)c1cc2ccccc2o1. The lowest BCUT2D eigenvalue weighted by Gasteiger charge is -2.24. The first-order valence-electron chi connectivity index (χ1n) is 10.8. The van der Waals surface area contributed by atoms with E-state index in [1.54, 1.807) is 19.1 Å². The van der Waals surface area contributed by atoms with E-state index in [2.05, 4.69) is 24.5 Å². The number of amides is 2. The van der Waals surface area contributed by atoms with Gasteiger partial charge in [0.2, 0.25) is 5.91 Å². The van der Waals surface area contributed by atoms with Crippen LogP contribution in [0.25, 0.3) is 11.0 Å². The Labute approximate surface area is 178 Å². The second-order valence-electron chi connectivity index (χ2n) is 8.66. The minimum atomic E-state index is -0.739. The predicted molar refractivity (Wildman–Crippen MR) is 118 cm³/mol. The van der Waals surface area contributed by atoms with Gasteiger partial charge in [-0.3, -0.25) is 14.4 Å². The molecule has 164 valence electrons. The zero-order valence-corrected chi connectivity index (χ0v) is 18.7. The Hall–Kier alpha value is -2.63. The summed E-state index contributed by atoms with van der Waals surface area (Å²) in [7, 11) is 0. The molecule has 2 unspecified atom stereocenters. The number of fused-ring (bicyclic) bond motifs is 1. The van der Waals surface area contributed by atoms with Crippen molar-refractivity contribution in [1.82, 2.24) is 10.6 Å². The smallest absolute Gasteiger partial charge is 0.287 e. The Kier molecular flexibility index (Phi) is 8.63. The third-order valence-electron chi connectivity index (χ3n) is 5.06. The highest BCUT2D eigenvalue weighted by atomic mass is 16.3. The molecule has 2 amide bonds. The van der Waals surface area contributed by atoms with Crippen LogP contribution in [0.15, 0.2) is 34.7 Å². The summed E-state index contributed by atoms with van der Waals surface area (Å²) < 4.78 is 5.62. The molecule has 0 fully saturated rings. The molecule has 0 saturated carbocycles. The summed E-state index contributed by atoms with van der Waals surface area (Å²) in [6.45, 7) is 9.95. The summed E-state index contributed by atoms with van der Waals surface area (Å²) >= 11 is 0. The lowest BCUT2D eigenvalue weighted by molar-refractivity contribution is -0.129. The molecular weight excluding hydrogens is 380 g/mol. The van der Waals surface area contributed by atoms with E-state index in [0.29, 0.717) is 30.8 Å².